The molecule has 0 fully saturated rings. The Balaban J connectivity index is 0. The molecule has 0 aliphatic heterocycles. The van der Waals surface area contributed by atoms with Crippen LogP contribution in [0.15, 0.2) is 0 Å². The van der Waals surface area contributed by atoms with Crippen LogP contribution in [0.4, 0.5) is 0 Å². The molecule has 0 saturated heterocycles. The van der Waals surface area contributed by atoms with Gasteiger partial charge < -0.3 is 0 Å². The van der Waals surface area contributed by atoms with Gasteiger partial charge in [-0.25, -0.2) is 0 Å². The van der Waals surface area contributed by atoms with Crippen LogP contribution in [0.1, 0.15) is 0 Å². The maximum Gasteiger partial charge on any atom is 0 e. The zero-order valence-corrected chi connectivity index (χ0v) is 6.24. The number of hydrogen-bond donors (Lipinski definition) is 0. The smallest absolute Gasteiger partial charge is 0 e. The quantitative estimate of drug-likeness (QED) is 0.414. The molecular weight excluding hydrogens is 201 g/mol. The van der Waals surface area contributed by atoms with E-state index in [1.807, 2.05) is 0 Å². The standard InChI is InChI=1S/Cl.O.P.Sn. The van der Waals surface area contributed by atoms with Crippen molar-refractivity contribution in [3.8, 4) is 0 Å². The minimum atomic E-state index is 0. The van der Waals surface area contributed by atoms with Gasteiger partial charge in [-0.15, -0.1) is 0 Å². The van der Waals surface area contributed by atoms with Crippen molar-refractivity contribution in [2.75, 3.05) is 0 Å². The fourth-order valence-corrected chi connectivity index (χ4v) is 0. The molecule has 0 amide bonds. The molecular formula is ClOPSn. The molecule has 0 heterocycles. The average Bonchev–Trinajstić information content (AvgIpc) is 0. The number of halogens is 1. The van der Waals surface area contributed by atoms with Gasteiger partial charge in [-0.2, -0.15) is 0 Å². The molecule has 0 atom stereocenters. The first-order valence-corrected chi connectivity index (χ1v) is 0. The molecule has 0 aromatic heterocycles. The normalized spacial score (nSPS) is 0. The van der Waals surface area contributed by atoms with Crippen molar-refractivity contribution in [3.05, 3.63) is 0 Å². The molecule has 0 aliphatic rings. The maximum atomic E-state index is 0. The Bertz CT molecular complexity index is 8.00. The van der Waals surface area contributed by atoms with E-state index in [-0.39, 0.29) is 51.7 Å². The monoisotopic (exact) mass is 202 g/mol. The summed E-state index contributed by atoms with van der Waals surface area (Å²) in [5, 5.41) is 0. The van der Waals surface area contributed by atoms with Gasteiger partial charge in [-0.1, -0.05) is 0 Å². The zero-order chi connectivity index (χ0) is 0. The molecule has 0 aromatic rings. The fraction of sp³-hybridized carbons (Fsp3) is 0. The van der Waals surface area contributed by atoms with Gasteiger partial charge in [0.25, 0.3) is 0 Å². The summed E-state index contributed by atoms with van der Waals surface area (Å²) < 4.78 is 0. The van der Waals surface area contributed by atoms with Crippen molar-refractivity contribution >= 4 is 46.2 Å². The van der Waals surface area contributed by atoms with Gasteiger partial charge >= 0.3 is 0 Å². The molecule has 0 spiro atoms. The predicted molar refractivity (Wildman–Crippen MR) is 19.2 cm³/mol. The van der Waals surface area contributed by atoms with Gasteiger partial charge in [0.15, 0.2) is 0 Å². The van der Waals surface area contributed by atoms with Crippen LogP contribution < -0.4 is 0 Å². The van der Waals surface area contributed by atoms with Crippen LogP contribution in [-0.2, 0) is 5.48 Å². The summed E-state index contributed by atoms with van der Waals surface area (Å²) in [5.74, 6) is 0. The summed E-state index contributed by atoms with van der Waals surface area (Å²) in [6, 6.07) is 0. The number of hydrogen-bond acceptors (Lipinski definition) is 0. The number of rotatable bonds is 0. The molecule has 4 heteroatoms. The molecule has 0 aliphatic carbocycles. The molecule has 0 rings (SSSR count). The molecule has 10 radical (unpaired) electrons. The molecule has 1 nitrogen and oxygen atoms in total. The van der Waals surface area contributed by atoms with Crippen molar-refractivity contribution in [2.45, 2.75) is 0 Å². The average molecular weight is 201 g/mol. The van der Waals surface area contributed by atoms with Gasteiger partial charge in [-0.3, -0.25) is 0 Å². The third kappa shape index (κ3) is 9.77. The van der Waals surface area contributed by atoms with Crippen LogP contribution in [0.3, 0.4) is 0 Å². The van der Waals surface area contributed by atoms with E-state index in [0.717, 1.165) is 0 Å². The van der Waals surface area contributed by atoms with E-state index < -0.39 is 0 Å². The largest absolute Gasteiger partial charge is 0 e. The van der Waals surface area contributed by atoms with Crippen LogP contribution in [0, 0.1) is 0 Å². The first-order valence-electron chi connectivity index (χ1n) is 0. The third-order valence-electron chi connectivity index (χ3n) is 0. The summed E-state index contributed by atoms with van der Waals surface area (Å²) in [7, 11) is 0. The van der Waals surface area contributed by atoms with E-state index in [1.54, 1.807) is 0 Å². The molecule has 0 bridgehead atoms. The van der Waals surface area contributed by atoms with Crippen molar-refractivity contribution in [1.82, 2.24) is 0 Å². The van der Waals surface area contributed by atoms with Crippen LogP contribution in [0.25, 0.3) is 0 Å². The molecule has 22 valence electrons. The summed E-state index contributed by atoms with van der Waals surface area (Å²) >= 11 is 0. The van der Waals surface area contributed by atoms with Crippen molar-refractivity contribution < 1.29 is 5.48 Å². The van der Waals surface area contributed by atoms with Gasteiger partial charge in [0, 0.05) is 51.7 Å². The molecule has 4 heavy (non-hydrogen) atoms. The Hall–Kier alpha value is 1.48. The van der Waals surface area contributed by atoms with E-state index in [2.05, 4.69) is 0 Å². The SMILES string of the molecule is [Cl].[O].[P].[Sn]. The van der Waals surface area contributed by atoms with E-state index in [0.29, 0.717) is 0 Å². The second-order valence-electron chi connectivity index (χ2n) is 0. The van der Waals surface area contributed by atoms with Crippen molar-refractivity contribution in [2.24, 2.45) is 0 Å². The van der Waals surface area contributed by atoms with Gasteiger partial charge in [-0.05, 0) is 0 Å². The van der Waals surface area contributed by atoms with E-state index in [9.17, 15) is 0 Å². The van der Waals surface area contributed by atoms with E-state index in [4.69, 9.17) is 0 Å². The van der Waals surface area contributed by atoms with Crippen LogP contribution in [-0.4, -0.2) is 23.9 Å². The van der Waals surface area contributed by atoms with Gasteiger partial charge in [0.2, 0.25) is 0 Å². The van der Waals surface area contributed by atoms with Crippen LogP contribution in [0.2, 0.25) is 0 Å². The zero-order valence-electron chi connectivity index (χ0n) is 1.73. The minimum absolute atomic E-state index is 0. The minimum Gasteiger partial charge on any atom is 0 e. The summed E-state index contributed by atoms with van der Waals surface area (Å²) in [4.78, 5) is 0. The second-order valence-corrected chi connectivity index (χ2v) is 0. The van der Waals surface area contributed by atoms with Crippen LogP contribution in [0.5, 0.6) is 0 Å². The Kier molecular flexibility index (Phi) is 311. The van der Waals surface area contributed by atoms with Crippen LogP contribution >= 0.6 is 22.3 Å². The first kappa shape index (κ1) is 50.3. The van der Waals surface area contributed by atoms with E-state index in [1.165, 1.54) is 0 Å². The summed E-state index contributed by atoms with van der Waals surface area (Å²) in [6.45, 7) is 0. The van der Waals surface area contributed by atoms with Gasteiger partial charge in [0.05, 0.1) is 0 Å². The summed E-state index contributed by atoms with van der Waals surface area (Å²) in [6.07, 6.45) is 0. The topological polar surface area (TPSA) is 28.5 Å². The Morgan fingerprint density at radius 1 is 1.00 bits per heavy atom. The molecule has 0 N–H and O–H groups in total. The molecule has 0 unspecified atom stereocenters. The third-order valence-corrected chi connectivity index (χ3v) is 0. The van der Waals surface area contributed by atoms with Crippen molar-refractivity contribution in [1.29, 1.82) is 0 Å². The Morgan fingerprint density at radius 2 is 1.00 bits per heavy atom. The molecule has 0 aromatic carbocycles. The van der Waals surface area contributed by atoms with Gasteiger partial charge in [0.1, 0.15) is 0 Å². The summed E-state index contributed by atoms with van der Waals surface area (Å²) in [5.41, 5.74) is 0. The van der Waals surface area contributed by atoms with Crippen molar-refractivity contribution in [3.63, 3.8) is 0 Å². The van der Waals surface area contributed by atoms with E-state index >= 15 is 0 Å². The molecule has 0 saturated carbocycles. The predicted octanol–water partition coefficient (Wildman–Crippen LogP) is 1.05. The fourth-order valence-electron chi connectivity index (χ4n) is 0. The second kappa shape index (κ2) is 24.8. The maximum absolute atomic E-state index is 0. The Labute approximate surface area is 51.8 Å². The Morgan fingerprint density at radius 3 is 1.00 bits per heavy atom. The first-order chi connectivity index (χ1) is 0.